The standard InChI is InChI=1S/C13H20O5/c1-17-13-7-10(3-2-6-14)4-5-12(13)18-11(8-15)9-16/h2-5,10-11,14-16H,6-9H2,1H3/b3-2+. The molecule has 1 atom stereocenters. The molecule has 1 aliphatic carbocycles. The molecule has 0 heterocycles. The van der Waals surface area contributed by atoms with Crippen LogP contribution in [0.1, 0.15) is 6.42 Å². The number of allylic oxidation sites excluding steroid dienone is 4. The Balaban J connectivity index is 2.70. The molecule has 0 saturated carbocycles. The molecule has 0 bridgehead atoms. The topological polar surface area (TPSA) is 79.2 Å². The summed E-state index contributed by atoms with van der Waals surface area (Å²) in [6, 6.07) is 0. The second-order valence-electron chi connectivity index (χ2n) is 3.93. The fourth-order valence-electron chi connectivity index (χ4n) is 1.66. The van der Waals surface area contributed by atoms with E-state index in [9.17, 15) is 0 Å². The molecule has 0 aliphatic heterocycles. The minimum absolute atomic E-state index is 0.0107. The summed E-state index contributed by atoms with van der Waals surface area (Å²) >= 11 is 0. The summed E-state index contributed by atoms with van der Waals surface area (Å²) in [5.74, 6) is 1.34. The Bertz CT molecular complexity index is 328. The van der Waals surface area contributed by atoms with E-state index in [1.807, 2.05) is 12.2 Å². The molecule has 102 valence electrons. The molecule has 0 aromatic heterocycles. The van der Waals surface area contributed by atoms with Gasteiger partial charge in [-0.15, -0.1) is 0 Å². The normalized spacial score (nSPS) is 19.9. The van der Waals surface area contributed by atoms with Crippen LogP contribution in [0.4, 0.5) is 0 Å². The molecule has 0 amide bonds. The third kappa shape index (κ3) is 4.18. The van der Waals surface area contributed by atoms with E-state index in [1.54, 1.807) is 19.3 Å². The average molecular weight is 256 g/mol. The highest BCUT2D eigenvalue weighted by Gasteiger charge is 2.19. The van der Waals surface area contributed by atoms with Crippen molar-refractivity contribution in [3.8, 4) is 0 Å². The lowest BCUT2D eigenvalue weighted by Gasteiger charge is -2.22. The van der Waals surface area contributed by atoms with Crippen molar-refractivity contribution in [3.05, 3.63) is 35.8 Å². The quantitative estimate of drug-likeness (QED) is 0.572. The van der Waals surface area contributed by atoms with Crippen molar-refractivity contribution in [2.45, 2.75) is 12.5 Å². The van der Waals surface area contributed by atoms with Gasteiger partial charge in [-0.25, -0.2) is 0 Å². The van der Waals surface area contributed by atoms with Gasteiger partial charge in [0.05, 0.1) is 26.9 Å². The third-order valence-electron chi connectivity index (χ3n) is 2.63. The SMILES string of the molecule is COC1=C(OC(CO)CO)C=CC(/C=C/CO)C1. The Kier molecular flexibility index (Phi) is 6.49. The molecule has 1 unspecified atom stereocenters. The van der Waals surface area contributed by atoms with E-state index in [0.717, 1.165) is 0 Å². The Hall–Kier alpha value is -1.30. The van der Waals surface area contributed by atoms with Crippen molar-refractivity contribution in [2.24, 2.45) is 5.92 Å². The third-order valence-corrected chi connectivity index (χ3v) is 2.63. The molecule has 0 spiro atoms. The highest BCUT2D eigenvalue weighted by Crippen LogP contribution is 2.26. The van der Waals surface area contributed by atoms with Crippen LogP contribution in [-0.2, 0) is 9.47 Å². The van der Waals surface area contributed by atoms with Crippen molar-refractivity contribution in [2.75, 3.05) is 26.9 Å². The maximum atomic E-state index is 8.97. The second-order valence-corrected chi connectivity index (χ2v) is 3.93. The number of aliphatic hydroxyl groups excluding tert-OH is 3. The largest absolute Gasteiger partial charge is 0.497 e. The number of methoxy groups -OCH3 is 1. The van der Waals surface area contributed by atoms with Gasteiger partial charge < -0.3 is 24.8 Å². The molecule has 0 aromatic carbocycles. The first-order valence-electron chi connectivity index (χ1n) is 5.86. The van der Waals surface area contributed by atoms with E-state index in [4.69, 9.17) is 24.8 Å². The summed E-state index contributed by atoms with van der Waals surface area (Å²) in [4.78, 5) is 0. The van der Waals surface area contributed by atoms with Gasteiger partial charge in [0.15, 0.2) is 5.76 Å². The molecule has 5 nitrogen and oxygen atoms in total. The Labute approximate surface area is 107 Å². The maximum Gasteiger partial charge on any atom is 0.157 e. The summed E-state index contributed by atoms with van der Waals surface area (Å²) in [7, 11) is 1.55. The molecule has 18 heavy (non-hydrogen) atoms. The predicted octanol–water partition coefficient (Wildman–Crippen LogP) is 0.339. The summed E-state index contributed by atoms with van der Waals surface area (Å²) in [6.07, 6.45) is 7.24. The minimum Gasteiger partial charge on any atom is -0.497 e. The fourth-order valence-corrected chi connectivity index (χ4v) is 1.66. The van der Waals surface area contributed by atoms with Crippen LogP contribution in [0.3, 0.4) is 0 Å². The van der Waals surface area contributed by atoms with Crippen LogP contribution in [0.5, 0.6) is 0 Å². The predicted molar refractivity (Wildman–Crippen MR) is 66.6 cm³/mol. The van der Waals surface area contributed by atoms with Crippen LogP contribution in [0.2, 0.25) is 0 Å². The van der Waals surface area contributed by atoms with Crippen molar-refractivity contribution in [1.82, 2.24) is 0 Å². The lowest BCUT2D eigenvalue weighted by molar-refractivity contribution is 0.0151. The highest BCUT2D eigenvalue weighted by atomic mass is 16.5. The van der Waals surface area contributed by atoms with Crippen molar-refractivity contribution >= 4 is 0 Å². The van der Waals surface area contributed by atoms with Crippen molar-refractivity contribution in [3.63, 3.8) is 0 Å². The van der Waals surface area contributed by atoms with Gasteiger partial charge in [0.1, 0.15) is 11.9 Å². The number of hydrogen-bond donors (Lipinski definition) is 3. The molecule has 1 aliphatic rings. The van der Waals surface area contributed by atoms with Crippen LogP contribution in [-0.4, -0.2) is 48.4 Å². The second kappa shape index (κ2) is 7.92. The zero-order valence-corrected chi connectivity index (χ0v) is 10.5. The monoisotopic (exact) mass is 256 g/mol. The van der Waals surface area contributed by atoms with Crippen LogP contribution in [0.15, 0.2) is 35.8 Å². The Morgan fingerprint density at radius 3 is 2.67 bits per heavy atom. The molecular formula is C13H20O5. The van der Waals surface area contributed by atoms with E-state index >= 15 is 0 Å². The number of aliphatic hydroxyl groups is 3. The van der Waals surface area contributed by atoms with Crippen LogP contribution < -0.4 is 0 Å². The molecule has 0 radical (unpaired) electrons. The molecule has 3 N–H and O–H groups in total. The lowest BCUT2D eigenvalue weighted by atomic mass is 9.98. The van der Waals surface area contributed by atoms with E-state index in [0.29, 0.717) is 17.9 Å². The van der Waals surface area contributed by atoms with E-state index in [-0.39, 0.29) is 25.7 Å². The molecular weight excluding hydrogens is 236 g/mol. The van der Waals surface area contributed by atoms with Gasteiger partial charge >= 0.3 is 0 Å². The Morgan fingerprint density at radius 1 is 1.39 bits per heavy atom. The average Bonchev–Trinajstić information content (AvgIpc) is 2.43. The minimum atomic E-state index is -0.640. The first-order chi connectivity index (χ1) is 8.74. The molecule has 0 fully saturated rings. The number of hydrogen-bond acceptors (Lipinski definition) is 5. The van der Waals surface area contributed by atoms with Gasteiger partial charge in [-0.1, -0.05) is 18.2 Å². The first kappa shape index (κ1) is 14.8. The summed E-state index contributed by atoms with van der Waals surface area (Å²) in [5.41, 5.74) is 0. The fraction of sp³-hybridized carbons (Fsp3) is 0.538. The van der Waals surface area contributed by atoms with Crippen LogP contribution in [0, 0.1) is 5.92 Å². The molecule has 5 heteroatoms. The zero-order chi connectivity index (χ0) is 13.4. The van der Waals surface area contributed by atoms with Crippen molar-refractivity contribution < 1.29 is 24.8 Å². The van der Waals surface area contributed by atoms with Crippen LogP contribution in [0.25, 0.3) is 0 Å². The van der Waals surface area contributed by atoms with Gasteiger partial charge in [0.25, 0.3) is 0 Å². The highest BCUT2D eigenvalue weighted by molar-refractivity contribution is 5.25. The van der Waals surface area contributed by atoms with Gasteiger partial charge in [-0.05, 0) is 6.08 Å². The van der Waals surface area contributed by atoms with Gasteiger partial charge in [0, 0.05) is 12.3 Å². The lowest BCUT2D eigenvalue weighted by Crippen LogP contribution is -2.23. The van der Waals surface area contributed by atoms with E-state index in [1.165, 1.54) is 0 Å². The molecule has 0 saturated heterocycles. The number of rotatable bonds is 7. The van der Waals surface area contributed by atoms with E-state index in [2.05, 4.69) is 0 Å². The zero-order valence-electron chi connectivity index (χ0n) is 10.5. The maximum absolute atomic E-state index is 8.97. The van der Waals surface area contributed by atoms with Crippen molar-refractivity contribution in [1.29, 1.82) is 0 Å². The van der Waals surface area contributed by atoms with Gasteiger partial charge in [0.2, 0.25) is 0 Å². The molecule has 0 aromatic rings. The first-order valence-corrected chi connectivity index (χ1v) is 5.86. The van der Waals surface area contributed by atoms with Gasteiger partial charge in [-0.3, -0.25) is 0 Å². The molecule has 1 rings (SSSR count). The number of ether oxygens (including phenoxy) is 2. The summed E-state index contributed by atoms with van der Waals surface area (Å²) < 4.78 is 10.7. The van der Waals surface area contributed by atoms with E-state index < -0.39 is 6.10 Å². The van der Waals surface area contributed by atoms with Crippen LogP contribution >= 0.6 is 0 Å². The van der Waals surface area contributed by atoms with Gasteiger partial charge in [-0.2, -0.15) is 0 Å². The summed E-state index contributed by atoms with van der Waals surface area (Å²) in [5, 5.41) is 26.7. The smallest absolute Gasteiger partial charge is 0.157 e. The summed E-state index contributed by atoms with van der Waals surface area (Å²) in [6.45, 7) is -0.492. The Morgan fingerprint density at radius 2 is 2.11 bits per heavy atom.